The summed E-state index contributed by atoms with van der Waals surface area (Å²) in [5.74, 6) is 0.173. The fourth-order valence-corrected chi connectivity index (χ4v) is 3.48. The molecule has 0 aromatic carbocycles. The molecular weight excluding hydrogens is 350 g/mol. The molecule has 27 heavy (non-hydrogen) atoms. The van der Waals surface area contributed by atoms with Gasteiger partial charge < -0.3 is 24.7 Å². The second-order valence-corrected chi connectivity index (χ2v) is 9.25. The lowest BCUT2D eigenvalue weighted by molar-refractivity contribution is -0.213. The first-order chi connectivity index (χ1) is 12.4. The highest BCUT2D eigenvalue weighted by atomic mass is 16.7. The molecule has 8 nitrogen and oxygen atoms in total. The van der Waals surface area contributed by atoms with E-state index in [1.807, 2.05) is 41.5 Å². The zero-order chi connectivity index (χ0) is 20.0. The normalized spacial score (nSPS) is 31.3. The number of anilines is 1. The molecule has 2 fully saturated rings. The minimum Gasteiger partial charge on any atom is -0.383 e. The number of hydrogen-bond donors (Lipinski definition) is 1. The predicted molar refractivity (Wildman–Crippen MR) is 100 cm³/mol. The van der Waals surface area contributed by atoms with E-state index in [0.717, 1.165) is 0 Å². The quantitative estimate of drug-likeness (QED) is 0.850. The van der Waals surface area contributed by atoms with Crippen LogP contribution in [0.1, 0.15) is 54.2 Å². The van der Waals surface area contributed by atoms with Crippen LogP contribution in [0.25, 0.3) is 0 Å². The van der Waals surface area contributed by atoms with E-state index in [9.17, 15) is 4.79 Å². The van der Waals surface area contributed by atoms with E-state index in [1.54, 1.807) is 12.3 Å². The van der Waals surface area contributed by atoms with Crippen molar-refractivity contribution in [1.29, 1.82) is 0 Å². The molecule has 2 aliphatic rings. The highest BCUT2D eigenvalue weighted by Gasteiger charge is 2.61. The Balaban J connectivity index is 1.98. The summed E-state index contributed by atoms with van der Waals surface area (Å²) < 4.78 is 26.3. The van der Waals surface area contributed by atoms with E-state index in [2.05, 4.69) is 4.98 Å². The molecular formula is C19H31N3O5. The van der Waals surface area contributed by atoms with Gasteiger partial charge in [-0.15, -0.1) is 0 Å². The van der Waals surface area contributed by atoms with Gasteiger partial charge in [-0.3, -0.25) is 4.57 Å². The van der Waals surface area contributed by atoms with Gasteiger partial charge in [-0.25, -0.2) is 4.79 Å². The molecule has 4 atom stereocenters. The number of ether oxygens (including phenoxy) is 4. The van der Waals surface area contributed by atoms with E-state index < -0.39 is 29.2 Å². The van der Waals surface area contributed by atoms with Crippen LogP contribution in [0.5, 0.6) is 0 Å². The van der Waals surface area contributed by atoms with Crippen LogP contribution in [0, 0.1) is 0 Å². The van der Waals surface area contributed by atoms with Crippen molar-refractivity contribution >= 4 is 5.82 Å². The van der Waals surface area contributed by atoms with Gasteiger partial charge in [0.25, 0.3) is 0 Å². The summed E-state index contributed by atoms with van der Waals surface area (Å²) in [6.45, 7) is 12.8. The van der Waals surface area contributed by atoms with Crippen LogP contribution in [0.4, 0.5) is 5.82 Å². The van der Waals surface area contributed by atoms with E-state index in [-0.39, 0.29) is 17.5 Å². The maximum absolute atomic E-state index is 12.4. The van der Waals surface area contributed by atoms with Crippen LogP contribution in [-0.2, 0) is 18.9 Å². The van der Waals surface area contributed by atoms with Gasteiger partial charge in [-0.1, -0.05) is 0 Å². The molecule has 0 aliphatic carbocycles. The van der Waals surface area contributed by atoms with E-state index >= 15 is 0 Å². The highest BCUT2D eigenvalue weighted by molar-refractivity contribution is 5.24. The second-order valence-electron chi connectivity index (χ2n) is 9.25. The van der Waals surface area contributed by atoms with Crippen molar-refractivity contribution in [3.05, 3.63) is 22.7 Å². The van der Waals surface area contributed by atoms with Crippen LogP contribution < -0.4 is 11.4 Å². The first kappa shape index (κ1) is 20.3. The van der Waals surface area contributed by atoms with Crippen molar-refractivity contribution in [2.75, 3.05) is 18.9 Å². The Kier molecular flexibility index (Phi) is 5.14. The summed E-state index contributed by atoms with van der Waals surface area (Å²) in [6, 6.07) is 1.57. The smallest absolute Gasteiger partial charge is 0.351 e. The maximum atomic E-state index is 12.4. The summed E-state index contributed by atoms with van der Waals surface area (Å²) >= 11 is 0. The highest BCUT2D eigenvalue weighted by Crippen LogP contribution is 2.47. The van der Waals surface area contributed by atoms with Gasteiger partial charge in [0.1, 0.15) is 23.6 Å². The first-order valence-electron chi connectivity index (χ1n) is 9.36. The Hall–Kier alpha value is -1.48. The van der Waals surface area contributed by atoms with Crippen LogP contribution in [0.3, 0.4) is 0 Å². The lowest BCUT2D eigenvalue weighted by atomic mass is 9.89. The third-order valence-corrected chi connectivity index (χ3v) is 4.64. The SMILES string of the molecule is CC(C)(C)OC[C@]12CCO[C@@H](C1OC(C)(C)C)[C@H](n1ccc(N)nc1=O)O2. The van der Waals surface area contributed by atoms with E-state index in [0.29, 0.717) is 19.6 Å². The number of nitrogen functional groups attached to an aromatic ring is 1. The summed E-state index contributed by atoms with van der Waals surface area (Å²) in [4.78, 5) is 16.2. The van der Waals surface area contributed by atoms with Crippen LogP contribution in [-0.4, -0.2) is 51.8 Å². The Labute approximate surface area is 159 Å². The fourth-order valence-electron chi connectivity index (χ4n) is 3.48. The third-order valence-electron chi connectivity index (χ3n) is 4.64. The van der Waals surface area contributed by atoms with Gasteiger partial charge >= 0.3 is 5.69 Å². The van der Waals surface area contributed by atoms with Gasteiger partial charge in [0.2, 0.25) is 0 Å². The Bertz CT molecular complexity index is 736. The molecule has 1 aromatic heterocycles. The average Bonchev–Trinajstić information content (AvgIpc) is 2.68. The van der Waals surface area contributed by atoms with Crippen LogP contribution in [0.2, 0.25) is 0 Å². The fraction of sp³-hybridized carbons (Fsp3) is 0.789. The third kappa shape index (κ3) is 4.34. The molecule has 0 radical (unpaired) electrons. The summed E-state index contributed by atoms with van der Waals surface area (Å²) in [6.07, 6.45) is 0.747. The lowest BCUT2D eigenvalue weighted by Crippen LogP contribution is -2.56. The molecule has 2 saturated heterocycles. The van der Waals surface area contributed by atoms with E-state index in [4.69, 9.17) is 24.7 Å². The maximum Gasteiger partial charge on any atom is 0.351 e. The molecule has 3 rings (SSSR count). The monoisotopic (exact) mass is 381 g/mol. The molecule has 2 aliphatic heterocycles. The molecule has 3 heterocycles. The number of nitrogens with zero attached hydrogens (tertiary/aromatic N) is 2. The molecule has 152 valence electrons. The predicted octanol–water partition coefficient (Wildman–Crippen LogP) is 1.88. The number of fused-ring (bicyclic) bond motifs is 2. The second kappa shape index (κ2) is 6.84. The minimum absolute atomic E-state index is 0.173. The summed E-state index contributed by atoms with van der Waals surface area (Å²) in [5, 5.41) is 0. The molecule has 0 saturated carbocycles. The van der Waals surface area contributed by atoms with Crippen molar-refractivity contribution in [3.8, 4) is 0 Å². The average molecular weight is 381 g/mol. The molecule has 8 heteroatoms. The summed E-state index contributed by atoms with van der Waals surface area (Å²) in [5.41, 5.74) is 3.72. The van der Waals surface area contributed by atoms with Crippen molar-refractivity contribution in [2.45, 2.75) is 83.2 Å². The largest absolute Gasteiger partial charge is 0.383 e. The van der Waals surface area contributed by atoms with Crippen molar-refractivity contribution in [3.63, 3.8) is 0 Å². The molecule has 1 unspecified atom stereocenters. The number of nitrogens with two attached hydrogens (primary N) is 1. The van der Waals surface area contributed by atoms with E-state index in [1.165, 1.54) is 4.57 Å². The Morgan fingerprint density at radius 2 is 2.00 bits per heavy atom. The zero-order valence-electron chi connectivity index (χ0n) is 17.0. The van der Waals surface area contributed by atoms with Crippen molar-refractivity contribution in [2.24, 2.45) is 0 Å². The van der Waals surface area contributed by atoms with Crippen LogP contribution >= 0.6 is 0 Å². The minimum atomic E-state index is -0.699. The number of hydrogen-bond acceptors (Lipinski definition) is 7. The van der Waals surface area contributed by atoms with Crippen molar-refractivity contribution in [1.82, 2.24) is 9.55 Å². The number of aromatic nitrogens is 2. The molecule has 2 N–H and O–H groups in total. The topological polar surface area (TPSA) is 97.8 Å². The molecule has 2 bridgehead atoms. The zero-order valence-corrected chi connectivity index (χ0v) is 17.0. The van der Waals surface area contributed by atoms with Gasteiger partial charge in [0.15, 0.2) is 6.23 Å². The van der Waals surface area contributed by atoms with Crippen LogP contribution in [0.15, 0.2) is 17.1 Å². The Morgan fingerprint density at radius 1 is 1.30 bits per heavy atom. The Morgan fingerprint density at radius 3 is 2.59 bits per heavy atom. The van der Waals surface area contributed by atoms with Gasteiger partial charge in [-0.2, -0.15) is 4.98 Å². The first-order valence-corrected chi connectivity index (χ1v) is 9.36. The van der Waals surface area contributed by atoms with Gasteiger partial charge in [0, 0.05) is 12.6 Å². The summed E-state index contributed by atoms with van der Waals surface area (Å²) in [7, 11) is 0. The number of rotatable bonds is 4. The standard InChI is InChI=1S/C19H31N3O5/c1-17(2,3)25-11-19-8-10-24-13(14(19)26-18(4,5)6)15(27-19)22-9-7-12(20)21-16(22)23/h7,9,13-15H,8,10-11H2,1-6H3,(H2,20,21,23)/t13-,14?,15+,19+/m0/s1. The van der Waals surface area contributed by atoms with Gasteiger partial charge in [0.05, 0.1) is 24.4 Å². The van der Waals surface area contributed by atoms with Gasteiger partial charge in [-0.05, 0) is 47.6 Å². The molecule has 0 spiro atoms. The molecule has 0 amide bonds. The molecule has 1 aromatic rings. The van der Waals surface area contributed by atoms with Crippen molar-refractivity contribution < 1.29 is 18.9 Å². The lowest BCUT2D eigenvalue weighted by Gasteiger charge is -2.42.